The molecule has 0 saturated heterocycles. The van der Waals surface area contributed by atoms with Gasteiger partial charge >= 0.3 is 0 Å². The van der Waals surface area contributed by atoms with Gasteiger partial charge in [0.2, 0.25) is 11.8 Å². The van der Waals surface area contributed by atoms with Crippen LogP contribution in [0.5, 0.6) is 0 Å². The third-order valence-corrected chi connectivity index (χ3v) is 5.19. The zero-order valence-electron chi connectivity index (χ0n) is 17.1. The molecule has 0 saturated carbocycles. The molecule has 0 aliphatic carbocycles. The summed E-state index contributed by atoms with van der Waals surface area (Å²) in [6.07, 6.45) is 7.18. The second kappa shape index (κ2) is 7.26. The summed E-state index contributed by atoms with van der Waals surface area (Å²) < 4.78 is 7.81. The maximum atomic E-state index is 5.91. The van der Waals surface area contributed by atoms with Crippen molar-refractivity contribution in [3.8, 4) is 22.7 Å². The highest BCUT2D eigenvalue weighted by Crippen LogP contribution is 2.37. The van der Waals surface area contributed by atoms with Crippen LogP contribution in [0, 0.1) is 6.92 Å². The second-order valence-electron chi connectivity index (χ2n) is 7.75. The molecule has 7 heteroatoms. The van der Waals surface area contributed by atoms with Crippen molar-refractivity contribution in [1.29, 1.82) is 0 Å². The van der Waals surface area contributed by atoms with Crippen LogP contribution in [-0.4, -0.2) is 29.7 Å². The lowest BCUT2D eigenvalue weighted by Gasteiger charge is -2.09. The van der Waals surface area contributed by atoms with Gasteiger partial charge in [0, 0.05) is 46.3 Å². The van der Waals surface area contributed by atoms with Crippen molar-refractivity contribution in [3.63, 3.8) is 0 Å². The van der Waals surface area contributed by atoms with Crippen molar-refractivity contribution in [3.05, 3.63) is 72.4 Å². The van der Waals surface area contributed by atoms with Crippen molar-refractivity contribution in [2.45, 2.75) is 33.2 Å². The van der Waals surface area contributed by atoms with Gasteiger partial charge in [-0.25, -0.2) is 4.98 Å². The molecular weight excluding hydrogens is 376 g/mol. The first kappa shape index (κ1) is 18.3. The van der Waals surface area contributed by atoms with Crippen molar-refractivity contribution in [2.24, 2.45) is 0 Å². The van der Waals surface area contributed by atoms with Crippen molar-refractivity contribution in [1.82, 2.24) is 29.7 Å². The van der Waals surface area contributed by atoms with E-state index in [0.717, 1.165) is 28.0 Å². The first-order valence-corrected chi connectivity index (χ1v) is 9.95. The average Bonchev–Trinajstić information content (AvgIpc) is 3.47. The van der Waals surface area contributed by atoms with E-state index in [1.807, 2.05) is 36.0 Å². The summed E-state index contributed by atoms with van der Waals surface area (Å²) in [7, 11) is 0. The average molecular weight is 398 g/mol. The lowest BCUT2D eigenvalue weighted by atomic mass is 9.95. The number of hydrogen-bond acceptors (Lipinski definition) is 5. The standard InChI is InChI=1S/C23H22N6O/c1-14(2)21-18-11-17(23-28-27-20(30-23)12-29-9-8-24-13-29)4-5-19(18)26-22(21)16-6-7-25-15(3)10-16/h4-11,13-14,26H,12H2,1-3H3. The lowest BCUT2D eigenvalue weighted by molar-refractivity contribution is 0.488. The van der Waals surface area contributed by atoms with Crippen LogP contribution in [-0.2, 0) is 6.54 Å². The number of aryl methyl sites for hydroxylation is 1. The molecule has 5 aromatic rings. The van der Waals surface area contributed by atoms with Crippen LogP contribution in [0.25, 0.3) is 33.6 Å². The third kappa shape index (κ3) is 3.28. The molecule has 0 radical (unpaired) electrons. The van der Waals surface area contributed by atoms with Gasteiger partial charge in [-0.15, -0.1) is 10.2 Å². The number of hydrogen-bond donors (Lipinski definition) is 1. The fourth-order valence-electron chi connectivity index (χ4n) is 3.84. The molecule has 150 valence electrons. The Labute approximate surface area is 173 Å². The Kier molecular flexibility index (Phi) is 4.43. The van der Waals surface area contributed by atoms with Crippen molar-refractivity contribution < 1.29 is 4.42 Å². The van der Waals surface area contributed by atoms with E-state index in [2.05, 4.69) is 57.2 Å². The smallest absolute Gasteiger partial charge is 0.247 e. The van der Waals surface area contributed by atoms with Gasteiger partial charge in [0.25, 0.3) is 0 Å². The minimum Gasteiger partial charge on any atom is -0.419 e. The molecule has 1 N–H and O–H groups in total. The Balaban J connectivity index is 1.57. The molecule has 5 rings (SSSR count). The number of aromatic nitrogens is 6. The highest BCUT2D eigenvalue weighted by atomic mass is 16.4. The Morgan fingerprint density at radius 2 is 1.97 bits per heavy atom. The predicted molar refractivity (Wildman–Crippen MR) is 115 cm³/mol. The highest BCUT2D eigenvalue weighted by Gasteiger charge is 2.18. The monoisotopic (exact) mass is 398 g/mol. The van der Waals surface area contributed by atoms with Gasteiger partial charge in [-0.3, -0.25) is 4.98 Å². The molecule has 7 nitrogen and oxygen atoms in total. The number of nitrogens with zero attached hydrogens (tertiary/aromatic N) is 5. The van der Waals surface area contributed by atoms with Gasteiger partial charge in [0.05, 0.1) is 12.0 Å². The molecule has 30 heavy (non-hydrogen) atoms. The van der Waals surface area contributed by atoms with Crippen LogP contribution in [0.1, 0.15) is 36.9 Å². The van der Waals surface area contributed by atoms with Gasteiger partial charge in [-0.05, 0) is 48.7 Å². The summed E-state index contributed by atoms with van der Waals surface area (Å²) in [4.78, 5) is 12.0. The molecule has 0 unspecified atom stereocenters. The Hall–Kier alpha value is -3.74. The van der Waals surface area contributed by atoms with E-state index < -0.39 is 0 Å². The minimum atomic E-state index is 0.344. The van der Waals surface area contributed by atoms with E-state index in [1.54, 1.807) is 12.5 Å². The molecule has 0 spiro atoms. The maximum absolute atomic E-state index is 5.91. The largest absolute Gasteiger partial charge is 0.419 e. The zero-order chi connectivity index (χ0) is 20.7. The normalized spacial score (nSPS) is 11.6. The van der Waals surface area contributed by atoms with Crippen molar-refractivity contribution in [2.75, 3.05) is 0 Å². The summed E-state index contributed by atoms with van der Waals surface area (Å²) in [5.41, 5.74) is 6.54. The number of fused-ring (bicyclic) bond motifs is 1. The lowest BCUT2D eigenvalue weighted by Crippen LogP contribution is -1.96. The number of nitrogens with one attached hydrogen (secondary N) is 1. The Morgan fingerprint density at radius 3 is 2.73 bits per heavy atom. The topological polar surface area (TPSA) is 85.4 Å². The van der Waals surface area contributed by atoms with E-state index in [-0.39, 0.29) is 0 Å². The van der Waals surface area contributed by atoms with Crippen LogP contribution >= 0.6 is 0 Å². The van der Waals surface area contributed by atoms with Gasteiger partial charge in [0.15, 0.2) is 0 Å². The zero-order valence-corrected chi connectivity index (χ0v) is 17.1. The first-order chi connectivity index (χ1) is 14.6. The first-order valence-electron chi connectivity index (χ1n) is 9.95. The Morgan fingerprint density at radius 1 is 1.07 bits per heavy atom. The van der Waals surface area contributed by atoms with Gasteiger partial charge in [-0.1, -0.05) is 13.8 Å². The molecule has 4 heterocycles. The molecule has 0 aliphatic heterocycles. The number of aromatic amines is 1. The van der Waals surface area contributed by atoms with E-state index >= 15 is 0 Å². The van der Waals surface area contributed by atoms with E-state index in [1.165, 1.54) is 10.9 Å². The van der Waals surface area contributed by atoms with Gasteiger partial charge in [0.1, 0.15) is 6.54 Å². The highest BCUT2D eigenvalue weighted by molar-refractivity contribution is 5.93. The quantitative estimate of drug-likeness (QED) is 0.452. The predicted octanol–water partition coefficient (Wildman–Crippen LogP) is 4.96. The van der Waals surface area contributed by atoms with Crippen molar-refractivity contribution >= 4 is 10.9 Å². The van der Waals surface area contributed by atoms with E-state index in [4.69, 9.17) is 4.42 Å². The van der Waals surface area contributed by atoms with E-state index in [9.17, 15) is 0 Å². The molecule has 4 aromatic heterocycles. The SMILES string of the molecule is Cc1cc(-c2[nH]c3ccc(-c4nnc(Cn5ccnc5)o4)cc3c2C(C)C)ccn1. The Bertz CT molecular complexity index is 1310. The molecule has 0 aliphatic rings. The minimum absolute atomic E-state index is 0.344. The summed E-state index contributed by atoms with van der Waals surface area (Å²) in [5, 5.41) is 9.61. The molecule has 0 amide bonds. The summed E-state index contributed by atoms with van der Waals surface area (Å²) in [5.74, 6) is 1.41. The fraction of sp³-hybridized carbons (Fsp3) is 0.217. The molecule has 0 fully saturated rings. The summed E-state index contributed by atoms with van der Waals surface area (Å²) in [6.45, 7) is 6.93. The van der Waals surface area contributed by atoms with Gasteiger partial charge < -0.3 is 14.0 Å². The van der Waals surface area contributed by atoms with Crippen LogP contribution in [0.3, 0.4) is 0 Å². The summed E-state index contributed by atoms with van der Waals surface area (Å²) in [6, 6.07) is 10.4. The fourth-order valence-corrected chi connectivity index (χ4v) is 3.84. The number of H-pyrrole nitrogens is 1. The summed E-state index contributed by atoms with van der Waals surface area (Å²) >= 11 is 0. The van der Waals surface area contributed by atoms with Crippen LogP contribution < -0.4 is 0 Å². The molecule has 1 aromatic carbocycles. The number of pyridine rings is 1. The van der Waals surface area contributed by atoms with Crippen LogP contribution in [0.15, 0.2) is 59.7 Å². The third-order valence-electron chi connectivity index (χ3n) is 5.19. The molecular formula is C23H22N6O. The second-order valence-corrected chi connectivity index (χ2v) is 7.75. The van der Waals surface area contributed by atoms with E-state index in [0.29, 0.717) is 24.2 Å². The number of rotatable bonds is 5. The molecule has 0 atom stereocenters. The van der Waals surface area contributed by atoms with Crippen LogP contribution in [0.2, 0.25) is 0 Å². The number of imidazole rings is 1. The number of benzene rings is 1. The van der Waals surface area contributed by atoms with Gasteiger partial charge in [-0.2, -0.15) is 0 Å². The van der Waals surface area contributed by atoms with Crippen LogP contribution in [0.4, 0.5) is 0 Å². The maximum Gasteiger partial charge on any atom is 0.247 e. The molecule has 0 bridgehead atoms.